The largest absolute Gasteiger partial charge is 0.494 e. The van der Waals surface area contributed by atoms with Crippen molar-refractivity contribution in [3.05, 3.63) is 58.1 Å². The van der Waals surface area contributed by atoms with Crippen molar-refractivity contribution in [2.75, 3.05) is 11.9 Å². The highest BCUT2D eigenvalue weighted by atomic mass is 35.5. The summed E-state index contributed by atoms with van der Waals surface area (Å²) in [5.41, 5.74) is 3.51. The van der Waals surface area contributed by atoms with Gasteiger partial charge in [0.15, 0.2) is 0 Å². The molecule has 0 aliphatic rings. The van der Waals surface area contributed by atoms with Gasteiger partial charge in [-0.25, -0.2) is 5.43 Å². The quantitative estimate of drug-likeness (QED) is 0.425. The van der Waals surface area contributed by atoms with Crippen LogP contribution in [0, 0.1) is 0 Å². The Labute approximate surface area is 161 Å². The molecular weight excluding hydrogens is 377 g/mol. The Hall–Kier alpha value is -2.57. The van der Waals surface area contributed by atoms with E-state index in [1.165, 1.54) is 12.3 Å². The van der Waals surface area contributed by atoms with Crippen LogP contribution >= 0.6 is 23.2 Å². The summed E-state index contributed by atoms with van der Waals surface area (Å²) in [4.78, 5) is 23.6. The lowest BCUT2D eigenvalue weighted by molar-refractivity contribution is -0.126. The highest BCUT2D eigenvalue weighted by Gasteiger charge is 2.09. The Morgan fingerprint density at radius 3 is 2.65 bits per heavy atom. The molecule has 2 aromatic carbocycles. The van der Waals surface area contributed by atoms with Crippen molar-refractivity contribution in [3.8, 4) is 5.75 Å². The Bertz CT molecular complexity index is 825. The zero-order valence-electron chi connectivity index (χ0n) is 14.0. The summed E-state index contributed by atoms with van der Waals surface area (Å²) in [6.45, 7) is 2.45. The van der Waals surface area contributed by atoms with Crippen molar-refractivity contribution in [2.24, 2.45) is 5.10 Å². The van der Waals surface area contributed by atoms with Crippen LogP contribution in [0.5, 0.6) is 5.75 Å². The molecule has 0 unspecified atom stereocenters. The minimum absolute atomic E-state index is 0.313. The van der Waals surface area contributed by atoms with Gasteiger partial charge in [0, 0.05) is 5.69 Å². The molecule has 0 saturated carbocycles. The lowest BCUT2D eigenvalue weighted by Crippen LogP contribution is -2.24. The number of carbonyl (C=O) groups excluding carboxylic acids is 2. The number of amides is 2. The number of nitrogens with zero attached hydrogens (tertiary/aromatic N) is 1. The molecule has 0 aliphatic carbocycles. The normalized spacial score (nSPS) is 10.6. The standard InChI is InChI=1S/C18H17Cl2N3O3/c1-2-26-14-5-3-4-12(8-14)11-21-23-18(25)10-17(24)22-13-6-7-15(19)16(20)9-13/h3-9,11H,2,10H2,1H3,(H,22,24)(H,23,25). The highest BCUT2D eigenvalue weighted by Crippen LogP contribution is 2.25. The second-order valence-corrected chi connectivity index (χ2v) is 5.97. The predicted octanol–water partition coefficient (Wildman–Crippen LogP) is 3.87. The Kier molecular flexibility index (Phi) is 7.44. The van der Waals surface area contributed by atoms with Crippen LogP contribution in [0.15, 0.2) is 47.6 Å². The summed E-state index contributed by atoms with van der Waals surface area (Å²) in [6, 6.07) is 11.9. The van der Waals surface area contributed by atoms with Crippen LogP contribution in [0.25, 0.3) is 0 Å². The molecule has 0 aromatic heterocycles. The van der Waals surface area contributed by atoms with Crippen LogP contribution in [-0.2, 0) is 9.59 Å². The van der Waals surface area contributed by atoms with E-state index < -0.39 is 11.8 Å². The molecule has 2 rings (SSSR count). The molecule has 0 aliphatic heterocycles. The van der Waals surface area contributed by atoms with E-state index in [0.717, 1.165) is 5.56 Å². The lowest BCUT2D eigenvalue weighted by Gasteiger charge is -2.06. The number of nitrogens with one attached hydrogen (secondary N) is 2. The topological polar surface area (TPSA) is 79.8 Å². The highest BCUT2D eigenvalue weighted by molar-refractivity contribution is 6.42. The minimum Gasteiger partial charge on any atom is -0.494 e. The van der Waals surface area contributed by atoms with Gasteiger partial charge in [0.2, 0.25) is 11.8 Å². The fourth-order valence-electron chi connectivity index (χ4n) is 1.99. The third-order valence-corrected chi connectivity index (χ3v) is 3.84. The van der Waals surface area contributed by atoms with Gasteiger partial charge in [-0.3, -0.25) is 9.59 Å². The maximum Gasteiger partial charge on any atom is 0.249 e. The van der Waals surface area contributed by atoms with Gasteiger partial charge >= 0.3 is 0 Å². The zero-order chi connectivity index (χ0) is 18.9. The summed E-state index contributed by atoms with van der Waals surface area (Å²) >= 11 is 11.7. The molecule has 8 heteroatoms. The summed E-state index contributed by atoms with van der Waals surface area (Å²) < 4.78 is 5.38. The molecule has 0 spiro atoms. The van der Waals surface area contributed by atoms with E-state index in [1.54, 1.807) is 18.2 Å². The van der Waals surface area contributed by atoms with Gasteiger partial charge in [0.1, 0.15) is 12.2 Å². The number of hydrogen-bond acceptors (Lipinski definition) is 4. The van der Waals surface area contributed by atoms with Crippen molar-refractivity contribution in [3.63, 3.8) is 0 Å². The van der Waals surface area contributed by atoms with Gasteiger partial charge in [-0.1, -0.05) is 35.3 Å². The monoisotopic (exact) mass is 393 g/mol. The SMILES string of the molecule is CCOc1cccc(C=NNC(=O)CC(=O)Nc2ccc(Cl)c(Cl)c2)c1. The van der Waals surface area contributed by atoms with E-state index in [2.05, 4.69) is 15.8 Å². The molecule has 2 N–H and O–H groups in total. The van der Waals surface area contributed by atoms with E-state index in [9.17, 15) is 9.59 Å². The van der Waals surface area contributed by atoms with Gasteiger partial charge in [-0.15, -0.1) is 0 Å². The zero-order valence-corrected chi connectivity index (χ0v) is 15.5. The van der Waals surface area contributed by atoms with Crippen LogP contribution in [0.1, 0.15) is 18.9 Å². The molecular formula is C18H17Cl2N3O3. The smallest absolute Gasteiger partial charge is 0.249 e. The van der Waals surface area contributed by atoms with Crippen LogP contribution < -0.4 is 15.5 Å². The molecule has 2 aromatic rings. The van der Waals surface area contributed by atoms with E-state index in [-0.39, 0.29) is 6.42 Å². The van der Waals surface area contributed by atoms with Gasteiger partial charge < -0.3 is 10.1 Å². The summed E-state index contributed by atoms with van der Waals surface area (Å²) in [5.74, 6) is -0.321. The molecule has 0 radical (unpaired) electrons. The lowest BCUT2D eigenvalue weighted by atomic mass is 10.2. The van der Waals surface area contributed by atoms with E-state index in [0.29, 0.717) is 28.1 Å². The van der Waals surface area contributed by atoms with E-state index in [1.807, 2.05) is 25.1 Å². The number of rotatable bonds is 7. The van der Waals surface area contributed by atoms with Crippen molar-refractivity contribution in [2.45, 2.75) is 13.3 Å². The second-order valence-electron chi connectivity index (χ2n) is 5.15. The molecule has 0 atom stereocenters. The van der Waals surface area contributed by atoms with Gasteiger partial charge in [-0.2, -0.15) is 5.10 Å². The first-order valence-corrected chi connectivity index (χ1v) is 8.53. The molecule has 26 heavy (non-hydrogen) atoms. The number of benzene rings is 2. The fraction of sp³-hybridized carbons (Fsp3) is 0.167. The van der Waals surface area contributed by atoms with Crippen LogP contribution in [0.4, 0.5) is 5.69 Å². The minimum atomic E-state index is -0.542. The first kappa shape index (κ1) is 19.8. The van der Waals surface area contributed by atoms with Crippen LogP contribution in [0.3, 0.4) is 0 Å². The summed E-state index contributed by atoms with van der Waals surface area (Å²) in [6.07, 6.45) is 1.09. The first-order valence-electron chi connectivity index (χ1n) is 7.77. The fourth-order valence-corrected chi connectivity index (χ4v) is 2.29. The molecule has 6 nitrogen and oxygen atoms in total. The summed E-state index contributed by atoms with van der Waals surface area (Å²) in [7, 11) is 0. The third-order valence-electron chi connectivity index (χ3n) is 3.10. The van der Waals surface area contributed by atoms with Crippen molar-refractivity contribution < 1.29 is 14.3 Å². The number of ether oxygens (including phenoxy) is 1. The van der Waals surface area contributed by atoms with Gasteiger partial charge in [0.05, 0.1) is 22.9 Å². The maximum atomic E-state index is 11.9. The number of carbonyl (C=O) groups is 2. The van der Waals surface area contributed by atoms with Crippen LogP contribution in [0.2, 0.25) is 10.0 Å². The molecule has 2 amide bonds. The average molecular weight is 394 g/mol. The van der Waals surface area contributed by atoms with E-state index >= 15 is 0 Å². The van der Waals surface area contributed by atoms with Crippen molar-refractivity contribution in [1.29, 1.82) is 0 Å². The molecule has 0 heterocycles. The Morgan fingerprint density at radius 1 is 1.12 bits per heavy atom. The average Bonchev–Trinajstić information content (AvgIpc) is 2.59. The Morgan fingerprint density at radius 2 is 1.92 bits per heavy atom. The third kappa shape index (κ3) is 6.38. The van der Waals surface area contributed by atoms with Crippen LogP contribution in [-0.4, -0.2) is 24.6 Å². The number of anilines is 1. The number of hydrogen-bond donors (Lipinski definition) is 2. The van der Waals surface area contributed by atoms with Gasteiger partial charge in [-0.05, 0) is 42.8 Å². The molecule has 136 valence electrons. The number of hydrazone groups is 1. The van der Waals surface area contributed by atoms with Gasteiger partial charge in [0.25, 0.3) is 0 Å². The van der Waals surface area contributed by atoms with E-state index in [4.69, 9.17) is 27.9 Å². The first-order chi connectivity index (χ1) is 12.5. The van der Waals surface area contributed by atoms with Crippen molar-refractivity contribution >= 4 is 46.9 Å². The molecule has 0 saturated heterocycles. The summed E-state index contributed by atoms with van der Waals surface area (Å²) in [5, 5.41) is 7.08. The second kappa shape index (κ2) is 9.79. The molecule has 0 fully saturated rings. The maximum absolute atomic E-state index is 11.9. The van der Waals surface area contributed by atoms with Crippen molar-refractivity contribution in [1.82, 2.24) is 5.43 Å². The predicted molar refractivity (Wildman–Crippen MR) is 103 cm³/mol. The molecule has 0 bridgehead atoms. The number of halogens is 2. The Balaban J connectivity index is 1.83.